The lowest BCUT2D eigenvalue weighted by atomic mass is 9.91. The fourth-order valence-electron chi connectivity index (χ4n) is 4.72. The summed E-state index contributed by atoms with van der Waals surface area (Å²) in [6.07, 6.45) is 7.92. The first-order chi connectivity index (χ1) is 16.2. The molecule has 2 aromatic rings. The average Bonchev–Trinajstić information content (AvgIpc) is 3.23. The first-order valence-corrected chi connectivity index (χ1v) is 12.6. The normalized spacial score (nSPS) is 14.7. The highest BCUT2D eigenvalue weighted by molar-refractivity contribution is 5.85. The van der Waals surface area contributed by atoms with E-state index >= 15 is 0 Å². The molecule has 0 unspecified atom stereocenters. The van der Waals surface area contributed by atoms with Crippen molar-refractivity contribution in [3.8, 4) is 0 Å². The van der Waals surface area contributed by atoms with E-state index in [0.29, 0.717) is 26.1 Å². The molecule has 6 heteroatoms. The van der Waals surface area contributed by atoms with Crippen LogP contribution in [0.3, 0.4) is 0 Å². The van der Waals surface area contributed by atoms with E-state index in [1.807, 2.05) is 44.9 Å². The molecular weight excluding hydrogens is 429 g/mol. The van der Waals surface area contributed by atoms with Crippen LogP contribution in [-0.2, 0) is 22.7 Å². The third kappa shape index (κ3) is 7.44. The number of aromatic nitrogens is 1. The van der Waals surface area contributed by atoms with Crippen molar-refractivity contribution in [2.24, 2.45) is 5.41 Å². The molecule has 5 nitrogen and oxygen atoms in total. The zero-order chi connectivity index (χ0) is 24.7. The molecule has 1 aliphatic carbocycles. The number of hydrogen-bond acceptors (Lipinski definition) is 2. The van der Waals surface area contributed by atoms with Gasteiger partial charge in [-0.15, -0.1) is 0 Å². The zero-order valence-electron chi connectivity index (χ0n) is 21.2. The molecule has 0 radical (unpaired) electrons. The number of nitrogens with zero attached hydrogens (tertiary/aromatic N) is 3. The number of halogens is 1. The minimum absolute atomic E-state index is 0.0190. The standard InChI is InChI=1S/C28H40FN3O2/c1-5-30(26(33)18-28(2,3)4)21-27(34)32(24-10-7-6-8-11-24)20-25-12-9-17-31(25)19-22-13-15-23(29)16-14-22/h9,12-17,24H,5-8,10-11,18-21H2,1-4H3. The maximum absolute atomic E-state index is 13.6. The lowest BCUT2D eigenvalue weighted by molar-refractivity contribution is -0.143. The van der Waals surface area contributed by atoms with Gasteiger partial charge in [0.1, 0.15) is 5.82 Å². The molecule has 186 valence electrons. The van der Waals surface area contributed by atoms with Gasteiger partial charge in [0.25, 0.3) is 0 Å². The smallest absolute Gasteiger partial charge is 0.242 e. The van der Waals surface area contributed by atoms with E-state index in [1.54, 1.807) is 17.0 Å². The van der Waals surface area contributed by atoms with Crippen LogP contribution in [0.4, 0.5) is 4.39 Å². The Balaban J connectivity index is 1.76. The van der Waals surface area contributed by atoms with Crippen LogP contribution < -0.4 is 0 Å². The van der Waals surface area contributed by atoms with Crippen molar-refractivity contribution < 1.29 is 14.0 Å². The second-order valence-electron chi connectivity index (χ2n) is 10.7. The minimum atomic E-state index is -0.243. The van der Waals surface area contributed by atoms with Gasteiger partial charge in [0.05, 0.1) is 13.1 Å². The number of benzene rings is 1. The van der Waals surface area contributed by atoms with Crippen molar-refractivity contribution in [3.63, 3.8) is 0 Å². The van der Waals surface area contributed by atoms with Crippen LogP contribution in [0.1, 0.15) is 77.5 Å². The topological polar surface area (TPSA) is 45.6 Å². The van der Waals surface area contributed by atoms with Gasteiger partial charge in [0, 0.05) is 37.4 Å². The maximum Gasteiger partial charge on any atom is 0.242 e. The summed E-state index contributed by atoms with van der Waals surface area (Å²) in [5.41, 5.74) is 1.95. The number of rotatable bonds is 9. The summed E-state index contributed by atoms with van der Waals surface area (Å²) < 4.78 is 15.4. The Morgan fingerprint density at radius 3 is 2.32 bits per heavy atom. The summed E-state index contributed by atoms with van der Waals surface area (Å²) in [6.45, 7) is 9.87. The first-order valence-electron chi connectivity index (χ1n) is 12.6. The number of hydrogen-bond donors (Lipinski definition) is 0. The lowest BCUT2D eigenvalue weighted by Crippen LogP contribution is -2.48. The van der Waals surface area contributed by atoms with Crippen LogP contribution in [-0.4, -0.2) is 45.3 Å². The molecule has 1 aromatic heterocycles. The quantitative estimate of drug-likeness (QED) is 0.478. The second kappa shape index (κ2) is 11.7. The van der Waals surface area contributed by atoms with Crippen molar-refractivity contribution in [2.75, 3.05) is 13.1 Å². The highest BCUT2D eigenvalue weighted by Crippen LogP contribution is 2.25. The van der Waals surface area contributed by atoms with E-state index in [-0.39, 0.29) is 35.6 Å². The molecule has 0 aliphatic heterocycles. The van der Waals surface area contributed by atoms with E-state index in [9.17, 15) is 14.0 Å². The van der Waals surface area contributed by atoms with Crippen LogP contribution in [0.5, 0.6) is 0 Å². The summed E-state index contributed by atoms with van der Waals surface area (Å²) in [6, 6.07) is 10.8. The fourth-order valence-corrected chi connectivity index (χ4v) is 4.72. The molecule has 1 saturated carbocycles. The van der Waals surface area contributed by atoms with Crippen LogP contribution in [0.25, 0.3) is 0 Å². The molecule has 0 atom stereocenters. The summed E-state index contributed by atoms with van der Waals surface area (Å²) in [7, 11) is 0. The van der Waals surface area contributed by atoms with Gasteiger partial charge in [-0.25, -0.2) is 4.39 Å². The first kappa shape index (κ1) is 26.0. The highest BCUT2D eigenvalue weighted by Gasteiger charge is 2.29. The Labute approximate surface area is 203 Å². The molecule has 1 heterocycles. The lowest BCUT2D eigenvalue weighted by Gasteiger charge is -2.36. The zero-order valence-corrected chi connectivity index (χ0v) is 21.2. The molecule has 0 saturated heterocycles. The van der Waals surface area contributed by atoms with Gasteiger partial charge in [-0.1, -0.05) is 52.2 Å². The Bertz CT molecular complexity index is 939. The van der Waals surface area contributed by atoms with Crippen LogP contribution >= 0.6 is 0 Å². The summed E-state index contributed by atoms with van der Waals surface area (Å²) >= 11 is 0. The molecular formula is C28H40FN3O2. The highest BCUT2D eigenvalue weighted by atomic mass is 19.1. The molecule has 0 bridgehead atoms. The number of carbonyl (C=O) groups is 2. The molecule has 3 rings (SSSR count). The Kier molecular flexibility index (Phi) is 8.92. The Morgan fingerprint density at radius 2 is 1.71 bits per heavy atom. The Morgan fingerprint density at radius 1 is 1.03 bits per heavy atom. The van der Waals surface area contributed by atoms with Gasteiger partial charge in [0.15, 0.2) is 0 Å². The van der Waals surface area contributed by atoms with E-state index in [1.165, 1.54) is 18.6 Å². The minimum Gasteiger partial charge on any atom is -0.345 e. The van der Waals surface area contributed by atoms with Gasteiger partial charge in [-0.2, -0.15) is 0 Å². The van der Waals surface area contributed by atoms with Gasteiger partial charge < -0.3 is 14.4 Å². The van der Waals surface area contributed by atoms with Crippen molar-refractivity contribution in [2.45, 2.75) is 85.4 Å². The van der Waals surface area contributed by atoms with Crippen molar-refractivity contribution in [3.05, 3.63) is 59.7 Å². The van der Waals surface area contributed by atoms with Crippen LogP contribution in [0, 0.1) is 11.2 Å². The van der Waals surface area contributed by atoms with Crippen molar-refractivity contribution in [1.82, 2.24) is 14.4 Å². The monoisotopic (exact) mass is 469 g/mol. The predicted molar refractivity (Wildman–Crippen MR) is 134 cm³/mol. The second-order valence-corrected chi connectivity index (χ2v) is 10.7. The average molecular weight is 470 g/mol. The molecule has 0 spiro atoms. The van der Waals surface area contributed by atoms with Gasteiger partial charge in [0.2, 0.25) is 11.8 Å². The maximum atomic E-state index is 13.6. The molecule has 1 aliphatic rings. The largest absolute Gasteiger partial charge is 0.345 e. The van der Waals surface area contributed by atoms with Crippen molar-refractivity contribution >= 4 is 11.8 Å². The van der Waals surface area contributed by atoms with E-state index in [4.69, 9.17) is 0 Å². The summed E-state index contributed by atoms with van der Waals surface area (Å²) in [5.74, 6) is -0.191. The predicted octanol–water partition coefficient (Wildman–Crippen LogP) is 5.62. The molecule has 34 heavy (non-hydrogen) atoms. The van der Waals surface area contributed by atoms with Crippen LogP contribution in [0.2, 0.25) is 0 Å². The van der Waals surface area contributed by atoms with Gasteiger partial charge in [-0.05, 0) is 55.0 Å². The summed E-state index contributed by atoms with van der Waals surface area (Å²) in [5, 5.41) is 0. The van der Waals surface area contributed by atoms with Gasteiger partial charge in [-0.3, -0.25) is 9.59 Å². The third-order valence-electron chi connectivity index (χ3n) is 6.60. The van der Waals surface area contributed by atoms with E-state index in [0.717, 1.165) is 36.9 Å². The number of carbonyl (C=O) groups excluding carboxylic acids is 2. The third-order valence-corrected chi connectivity index (χ3v) is 6.60. The number of amides is 2. The molecule has 1 aromatic carbocycles. The van der Waals surface area contributed by atoms with Crippen LogP contribution in [0.15, 0.2) is 42.6 Å². The fraction of sp³-hybridized carbons (Fsp3) is 0.571. The van der Waals surface area contributed by atoms with E-state index < -0.39 is 0 Å². The SMILES string of the molecule is CCN(CC(=O)N(Cc1cccn1Cc1ccc(F)cc1)C1CCCCC1)C(=O)CC(C)(C)C. The molecule has 0 N–H and O–H groups in total. The van der Waals surface area contributed by atoms with Gasteiger partial charge >= 0.3 is 0 Å². The van der Waals surface area contributed by atoms with Crippen molar-refractivity contribution in [1.29, 1.82) is 0 Å². The summed E-state index contributed by atoms with van der Waals surface area (Å²) in [4.78, 5) is 30.1. The molecule has 2 amide bonds. The Hall–Kier alpha value is -2.63. The van der Waals surface area contributed by atoms with E-state index in [2.05, 4.69) is 10.6 Å². The molecule has 1 fully saturated rings. The number of likely N-dealkylation sites (N-methyl/N-ethyl adjacent to an activating group) is 1.